The fourth-order valence-corrected chi connectivity index (χ4v) is 1.31. The van der Waals surface area contributed by atoms with E-state index in [1.807, 2.05) is 19.2 Å². The number of hydrogen-bond donors (Lipinski definition) is 1. The Bertz CT molecular complexity index is 397. The van der Waals surface area contributed by atoms with E-state index in [2.05, 4.69) is 15.5 Å². The zero-order chi connectivity index (χ0) is 9.80. The summed E-state index contributed by atoms with van der Waals surface area (Å²) in [5.74, 6) is 0.785. The SMILES string of the molecule is CNCc1cnoc1-c1cccnc1. The van der Waals surface area contributed by atoms with Gasteiger partial charge in [-0.05, 0) is 19.2 Å². The van der Waals surface area contributed by atoms with Crippen molar-refractivity contribution in [3.63, 3.8) is 0 Å². The van der Waals surface area contributed by atoms with E-state index in [-0.39, 0.29) is 0 Å². The molecular formula is C10H11N3O. The summed E-state index contributed by atoms with van der Waals surface area (Å²) in [5.41, 5.74) is 2.00. The van der Waals surface area contributed by atoms with E-state index < -0.39 is 0 Å². The van der Waals surface area contributed by atoms with Crippen molar-refractivity contribution in [2.45, 2.75) is 6.54 Å². The third-order valence-electron chi connectivity index (χ3n) is 1.94. The Morgan fingerprint density at radius 3 is 3.07 bits per heavy atom. The first-order valence-corrected chi connectivity index (χ1v) is 4.40. The molecule has 0 aliphatic rings. The van der Waals surface area contributed by atoms with E-state index in [1.54, 1.807) is 18.6 Å². The first-order valence-electron chi connectivity index (χ1n) is 4.40. The Labute approximate surface area is 82.0 Å². The molecule has 0 fully saturated rings. The van der Waals surface area contributed by atoms with Crippen molar-refractivity contribution in [1.29, 1.82) is 0 Å². The molecule has 0 aliphatic heterocycles. The van der Waals surface area contributed by atoms with E-state index in [0.717, 1.165) is 23.4 Å². The van der Waals surface area contributed by atoms with E-state index in [0.29, 0.717) is 0 Å². The Morgan fingerprint density at radius 2 is 2.36 bits per heavy atom. The number of nitrogens with one attached hydrogen (secondary N) is 1. The van der Waals surface area contributed by atoms with Gasteiger partial charge >= 0.3 is 0 Å². The molecule has 0 saturated carbocycles. The van der Waals surface area contributed by atoms with Crippen molar-refractivity contribution in [3.05, 3.63) is 36.3 Å². The molecule has 0 amide bonds. The number of aromatic nitrogens is 2. The number of hydrogen-bond acceptors (Lipinski definition) is 4. The molecule has 2 heterocycles. The molecule has 72 valence electrons. The van der Waals surface area contributed by atoms with Gasteiger partial charge < -0.3 is 9.84 Å². The third-order valence-corrected chi connectivity index (χ3v) is 1.94. The first kappa shape index (κ1) is 8.90. The highest BCUT2D eigenvalue weighted by molar-refractivity contribution is 5.59. The average molecular weight is 189 g/mol. The molecule has 0 aromatic carbocycles. The van der Waals surface area contributed by atoms with Crippen LogP contribution in [0.25, 0.3) is 11.3 Å². The van der Waals surface area contributed by atoms with Gasteiger partial charge in [0.15, 0.2) is 5.76 Å². The van der Waals surface area contributed by atoms with E-state index in [1.165, 1.54) is 0 Å². The number of rotatable bonds is 3. The molecule has 0 aliphatic carbocycles. The van der Waals surface area contributed by atoms with Crippen LogP contribution in [0.3, 0.4) is 0 Å². The summed E-state index contributed by atoms with van der Waals surface area (Å²) in [6.45, 7) is 0.744. The van der Waals surface area contributed by atoms with Gasteiger partial charge in [-0.1, -0.05) is 5.16 Å². The van der Waals surface area contributed by atoms with Gasteiger partial charge in [0.05, 0.1) is 6.20 Å². The molecular weight excluding hydrogens is 178 g/mol. The van der Waals surface area contributed by atoms with Crippen molar-refractivity contribution >= 4 is 0 Å². The number of pyridine rings is 1. The molecule has 4 nitrogen and oxygen atoms in total. The molecule has 0 saturated heterocycles. The van der Waals surface area contributed by atoms with E-state index >= 15 is 0 Å². The summed E-state index contributed by atoms with van der Waals surface area (Å²) >= 11 is 0. The number of nitrogens with zero attached hydrogens (tertiary/aromatic N) is 2. The topological polar surface area (TPSA) is 51.0 Å². The van der Waals surface area contributed by atoms with Gasteiger partial charge in [0, 0.05) is 30.1 Å². The molecule has 14 heavy (non-hydrogen) atoms. The van der Waals surface area contributed by atoms with Crippen LogP contribution in [0.15, 0.2) is 35.2 Å². The molecule has 2 aromatic heterocycles. The molecule has 0 unspecified atom stereocenters. The maximum Gasteiger partial charge on any atom is 0.172 e. The molecule has 0 radical (unpaired) electrons. The normalized spacial score (nSPS) is 10.4. The molecule has 0 atom stereocenters. The minimum atomic E-state index is 0.744. The second kappa shape index (κ2) is 4.02. The maximum absolute atomic E-state index is 5.17. The predicted molar refractivity (Wildman–Crippen MR) is 52.5 cm³/mol. The summed E-state index contributed by atoms with van der Waals surface area (Å²) in [5, 5.41) is 6.83. The summed E-state index contributed by atoms with van der Waals surface area (Å²) in [6, 6.07) is 3.83. The van der Waals surface area contributed by atoms with Crippen LogP contribution in [0.2, 0.25) is 0 Å². The molecule has 2 rings (SSSR count). The second-order valence-electron chi connectivity index (χ2n) is 2.95. The van der Waals surface area contributed by atoms with Crippen LogP contribution in [0, 0.1) is 0 Å². The van der Waals surface area contributed by atoms with Gasteiger partial charge in [-0.25, -0.2) is 0 Å². The van der Waals surface area contributed by atoms with Crippen LogP contribution >= 0.6 is 0 Å². The van der Waals surface area contributed by atoms with Crippen molar-refractivity contribution in [1.82, 2.24) is 15.5 Å². The van der Waals surface area contributed by atoms with Crippen molar-refractivity contribution < 1.29 is 4.52 Å². The maximum atomic E-state index is 5.17. The van der Waals surface area contributed by atoms with Gasteiger partial charge in [-0.3, -0.25) is 4.98 Å². The van der Waals surface area contributed by atoms with E-state index in [4.69, 9.17) is 4.52 Å². The summed E-state index contributed by atoms with van der Waals surface area (Å²) in [4.78, 5) is 4.03. The summed E-state index contributed by atoms with van der Waals surface area (Å²) < 4.78 is 5.17. The predicted octanol–water partition coefficient (Wildman–Crippen LogP) is 1.46. The van der Waals surface area contributed by atoms with Gasteiger partial charge in [-0.2, -0.15) is 0 Å². The lowest BCUT2D eigenvalue weighted by Gasteiger charge is -1.98. The highest BCUT2D eigenvalue weighted by Crippen LogP contribution is 2.21. The molecule has 0 bridgehead atoms. The van der Waals surface area contributed by atoms with Gasteiger partial charge in [0.2, 0.25) is 0 Å². The first-order chi connectivity index (χ1) is 6.92. The van der Waals surface area contributed by atoms with Crippen molar-refractivity contribution in [2.24, 2.45) is 0 Å². The Kier molecular flexibility index (Phi) is 2.55. The Hall–Kier alpha value is -1.68. The van der Waals surface area contributed by atoms with Gasteiger partial charge in [0.1, 0.15) is 0 Å². The van der Waals surface area contributed by atoms with Gasteiger partial charge in [0.25, 0.3) is 0 Å². The highest BCUT2D eigenvalue weighted by Gasteiger charge is 2.09. The van der Waals surface area contributed by atoms with Crippen LogP contribution in [0.5, 0.6) is 0 Å². The molecule has 1 N–H and O–H groups in total. The smallest absolute Gasteiger partial charge is 0.172 e. The minimum absolute atomic E-state index is 0.744. The highest BCUT2D eigenvalue weighted by atomic mass is 16.5. The zero-order valence-electron chi connectivity index (χ0n) is 7.90. The lowest BCUT2D eigenvalue weighted by molar-refractivity contribution is 0.431. The minimum Gasteiger partial charge on any atom is -0.356 e. The standard InChI is InChI=1S/C10H11N3O/c1-11-5-9-7-13-14-10(9)8-3-2-4-12-6-8/h2-4,6-7,11H,5H2,1H3. The monoisotopic (exact) mass is 189 g/mol. The molecule has 4 heteroatoms. The van der Waals surface area contributed by atoms with Crippen molar-refractivity contribution in [2.75, 3.05) is 7.05 Å². The lowest BCUT2D eigenvalue weighted by atomic mass is 10.1. The third kappa shape index (κ3) is 1.65. The van der Waals surface area contributed by atoms with Crippen LogP contribution in [0.1, 0.15) is 5.56 Å². The van der Waals surface area contributed by atoms with Crippen LogP contribution in [-0.4, -0.2) is 17.2 Å². The fraction of sp³-hybridized carbons (Fsp3) is 0.200. The quantitative estimate of drug-likeness (QED) is 0.794. The lowest BCUT2D eigenvalue weighted by Crippen LogP contribution is -2.04. The zero-order valence-corrected chi connectivity index (χ0v) is 7.90. The largest absolute Gasteiger partial charge is 0.356 e. The van der Waals surface area contributed by atoms with E-state index in [9.17, 15) is 0 Å². The van der Waals surface area contributed by atoms with Crippen LogP contribution in [0.4, 0.5) is 0 Å². The van der Waals surface area contributed by atoms with Crippen molar-refractivity contribution in [3.8, 4) is 11.3 Å². The Morgan fingerprint density at radius 1 is 1.43 bits per heavy atom. The average Bonchev–Trinajstić information content (AvgIpc) is 2.68. The molecule has 2 aromatic rings. The van der Waals surface area contributed by atoms with Crippen LogP contribution in [-0.2, 0) is 6.54 Å². The fourth-order valence-electron chi connectivity index (χ4n) is 1.31. The second-order valence-corrected chi connectivity index (χ2v) is 2.95. The summed E-state index contributed by atoms with van der Waals surface area (Å²) in [6.07, 6.45) is 5.22. The molecule has 0 spiro atoms. The Balaban J connectivity index is 2.37. The summed E-state index contributed by atoms with van der Waals surface area (Å²) in [7, 11) is 1.89. The van der Waals surface area contributed by atoms with Crippen LogP contribution < -0.4 is 5.32 Å². The van der Waals surface area contributed by atoms with Gasteiger partial charge in [-0.15, -0.1) is 0 Å².